The summed E-state index contributed by atoms with van der Waals surface area (Å²) >= 11 is 0. The number of rotatable bonds is 1. The number of non-ortho nitro benzene ring substituents is 1. The molecule has 0 aliphatic carbocycles. The van der Waals surface area contributed by atoms with Crippen LogP contribution in [0.5, 0.6) is 0 Å². The molecule has 0 amide bonds. The first-order valence-electron chi connectivity index (χ1n) is 4.43. The van der Waals surface area contributed by atoms with E-state index in [1.54, 1.807) is 18.2 Å². The highest BCUT2D eigenvalue weighted by atomic mass is 16.6. The van der Waals surface area contributed by atoms with Gasteiger partial charge in [-0.15, -0.1) is 0 Å². The van der Waals surface area contributed by atoms with Crippen LogP contribution in [0.25, 0.3) is 10.8 Å². The van der Waals surface area contributed by atoms with E-state index in [0.29, 0.717) is 5.39 Å². The molecule has 3 aromatic carbocycles. The highest BCUT2D eigenvalue weighted by Crippen LogP contribution is 2.24. The molecule has 4 aromatic rings. The molecule has 0 aliphatic heterocycles. The van der Waals surface area contributed by atoms with E-state index in [0.717, 1.165) is 5.39 Å². The summed E-state index contributed by atoms with van der Waals surface area (Å²) in [5.41, 5.74) is 0.199. The van der Waals surface area contributed by atoms with Crippen LogP contribution in [0.2, 0.25) is 0 Å². The minimum atomic E-state index is -0.359. The van der Waals surface area contributed by atoms with Gasteiger partial charge in [-0.25, -0.2) is 4.98 Å². The Morgan fingerprint density at radius 2 is 2.00 bits per heavy atom. The predicted molar refractivity (Wildman–Crippen MR) is 56.1 cm³/mol. The quantitative estimate of drug-likeness (QED) is 0.461. The van der Waals surface area contributed by atoms with Crippen molar-refractivity contribution in [2.75, 3.05) is 0 Å². The van der Waals surface area contributed by atoms with Crippen molar-refractivity contribution in [3.05, 3.63) is 53.2 Å². The molecular formula is C10H7N3O3. The maximum Gasteiger partial charge on any atom is 0.277 e. The van der Waals surface area contributed by atoms with E-state index in [1.807, 2.05) is 12.1 Å². The molecule has 0 atom stereocenters. The van der Waals surface area contributed by atoms with Crippen LogP contribution in [0.3, 0.4) is 0 Å². The zero-order valence-electron chi connectivity index (χ0n) is 8.11. The summed E-state index contributed by atoms with van der Waals surface area (Å²) in [6.45, 7) is 0. The molecule has 0 unspecified atom stereocenters. The highest BCUT2D eigenvalue weighted by molar-refractivity contribution is 5.80. The van der Waals surface area contributed by atoms with E-state index in [1.165, 1.54) is 12.7 Å². The molecule has 1 heterocycles. The van der Waals surface area contributed by atoms with Crippen molar-refractivity contribution in [3.8, 4) is 0 Å². The summed E-state index contributed by atoms with van der Waals surface area (Å²) in [5.74, 6) is 0. The molecule has 1 aromatic heterocycles. The molecular weight excluding hydrogens is 210 g/mol. The van der Waals surface area contributed by atoms with E-state index in [4.69, 9.17) is 0 Å². The largest absolute Gasteiger partial charge is 0.343 e. The van der Waals surface area contributed by atoms with Gasteiger partial charge in [0, 0.05) is 6.07 Å². The zero-order chi connectivity index (χ0) is 11.4. The summed E-state index contributed by atoms with van der Waals surface area (Å²) in [5, 5.41) is 15.2. The Morgan fingerprint density at radius 3 is 2.25 bits per heavy atom. The fourth-order valence-corrected chi connectivity index (χ4v) is 1.29. The van der Waals surface area contributed by atoms with E-state index < -0.39 is 0 Å². The van der Waals surface area contributed by atoms with Crippen LogP contribution in [0, 0.1) is 10.1 Å². The molecule has 0 aliphatic rings. The topological polar surface area (TPSA) is 82.1 Å². The van der Waals surface area contributed by atoms with Crippen molar-refractivity contribution in [1.29, 1.82) is 0 Å². The van der Waals surface area contributed by atoms with E-state index in [-0.39, 0.29) is 10.6 Å². The fraction of sp³-hybridized carbons (Fsp3) is 0. The third-order valence-corrected chi connectivity index (χ3v) is 1.99. The molecule has 4 rings (SSSR count). The Bertz CT molecular complexity index is 527. The lowest BCUT2D eigenvalue weighted by Crippen LogP contribution is -1.89. The molecule has 0 saturated carbocycles. The zero-order valence-corrected chi connectivity index (χ0v) is 8.11. The van der Waals surface area contributed by atoms with E-state index in [2.05, 4.69) is 14.7 Å². The number of hydrogen-bond acceptors (Lipinski definition) is 5. The third kappa shape index (κ3) is 2.11. The van der Waals surface area contributed by atoms with E-state index >= 15 is 0 Å². The maximum atomic E-state index is 10.4. The average Bonchev–Trinajstić information content (AvgIpc) is 2.89. The van der Waals surface area contributed by atoms with Gasteiger partial charge >= 0.3 is 0 Å². The summed E-state index contributed by atoms with van der Waals surface area (Å²) in [7, 11) is 0. The smallest absolute Gasteiger partial charge is 0.277 e. The first-order chi connectivity index (χ1) is 7.77. The van der Waals surface area contributed by atoms with Gasteiger partial charge in [0.05, 0.1) is 10.3 Å². The van der Waals surface area contributed by atoms with Crippen LogP contribution < -0.4 is 0 Å². The van der Waals surface area contributed by atoms with E-state index in [9.17, 15) is 10.1 Å². The molecule has 80 valence electrons. The van der Waals surface area contributed by atoms with Crippen LogP contribution in [-0.4, -0.2) is 15.1 Å². The Balaban J connectivity index is 0.000000162. The van der Waals surface area contributed by atoms with Crippen molar-refractivity contribution in [3.63, 3.8) is 0 Å². The van der Waals surface area contributed by atoms with Crippen LogP contribution in [-0.2, 0) is 0 Å². The number of hydrogen-bond donors (Lipinski definition) is 0. The third-order valence-electron chi connectivity index (χ3n) is 1.99. The highest BCUT2D eigenvalue weighted by Gasteiger charge is 2.09. The van der Waals surface area contributed by atoms with Crippen LogP contribution in [0.15, 0.2) is 47.6 Å². The number of fused-ring (bicyclic) bond motifs is 3. The average molecular weight is 217 g/mol. The molecule has 2 bridgehead atoms. The summed E-state index contributed by atoms with van der Waals surface area (Å²) < 4.78 is 4.22. The minimum Gasteiger partial charge on any atom is -0.343 e. The van der Waals surface area contributed by atoms with Gasteiger partial charge in [-0.1, -0.05) is 17.3 Å². The maximum absolute atomic E-state index is 10.4. The van der Waals surface area contributed by atoms with Crippen molar-refractivity contribution in [1.82, 2.24) is 10.1 Å². The summed E-state index contributed by atoms with van der Waals surface area (Å²) in [6, 6.07) is 8.82. The normalized spacial score (nSPS) is 9.75. The lowest BCUT2D eigenvalue weighted by atomic mass is 10.1. The predicted octanol–water partition coefficient (Wildman–Crippen LogP) is 2.26. The SMILES string of the molecule is O=[N+]([O-])c1cc2ccc1cc2.c1ncon1. The summed E-state index contributed by atoms with van der Waals surface area (Å²) in [6.07, 6.45) is 2.60. The second-order valence-corrected chi connectivity index (χ2v) is 2.99. The Morgan fingerprint density at radius 1 is 1.25 bits per heavy atom. The molecule has 0 radical (unpaired) electrons. The van der Waals surface area contributed by atoms with Crippen LogP contribution >= 0.6 is 0 Å². The van der Waals surface area contributed by atoms with Gasteiger partial charge in [0.15, 0.2) is 6.33 Å². The van der Waals surface area contributed by atoms with Gasteiger partial charge in [0.1, 0.15) is 0 Å². The molecule has 0 spiro atoms. The number of nitrogens with zero attached hydrogens (tertiary/aromatic N) is 3. The van der Waals surface area contributed by atoms with Crippen LogP contribution in [0.4, 0.5) is 5.69 Å². The molecule has 0 N–H and O–H groups in total. The number of aromatic nitrogens is 2. The first kappa shape index (κ1) is 10.0. The standard InChI is InChI=1S/C8H5NO2.C2H2N2O/c10-9(11)8-5-6-1-3-7(8)4-2-6;1-3-2-5-4-1/h1-5H;1-2H. The van der Waals surface area contributed by atoms with Crippen LogP contribution in [0.1, 0.15) is 0 Å². The van der Waals surface area contributed by atoms with Gasteiger partial charge in [-0.3, -0.25) is 10.1 Å². The van der Waals surface area contributed by atoms with Gasteiger partial charge in [-0.2, -0.15) is 0 Å². The Hall–Kier alpha value is -2.50. The van der Waals surface area contributed by atoms with Crippen molar-refractivity contribution >= 4 is 16.5 Å². The van der Waals surface area contributed by atoms with Crippen molar-refractivity contribution in [2.24, 2.45) is 0 Å². The second-order valence-electron chi connectivity index (χ2n) is 2.99. The molecule has 0 fully saturated rings. The lowest BCUT2D eigenvalue weighted by molar-refractivity contribution is -0.383. The Labute approximate surface area is 90.0 Å². The number of benzene rings is 3. The number of nitro benzene ring substituents is 1. The number of nitro groups is 1. The van der Waals surface area contributed by atoms with Crippen molar-refractivity contribution < 1.29 is 9.45 Å². The summed E-state index contributed by atoms with van der Waals surface area (Å²) in [4.78, 5) is 13.5. The molecule has 6 nitrogen and oxygen atoms in total. The van der Waals surface area contributed by atoms with Gasteiger partial charge in [-0.05, 0) is 17.5 Å². The fourth-order valence-electron chi connectivity index (χ4n) is 1.29. The van der Waals surface area contributed by atoms with Gasteiger partial charge in [0.2, 0.25) is 6.39 Å². The lowest BCUT2D eigenvalue weighted by Gasteiger charge is -1.98. The first-order valence-corrected chi connectivity index (χ1v) is 4.43. The van der Waals surface area contributed by atoms with Gasteiger partial charge in [0.25, 0.3) is 5.69 Å². The van der Waals surface area contributed by atoms with Crippen molar-refractivity contribution in [2.45, 2.75) is 0 Å². The molecule has 6 heteroatoms. The molecule has 16 heavy (non-hydrogen) atoms. The Kier molecular flexibility index (Phi) is 2.73. The minimum absolute atomic E-state index is 0.199. The second kappa shape index (κ2) is 4.35. The monoisotopic (exact) mass is 217 g/mol. The molecule has 0 saturated heterocycles. The van der Waals surface area contributed by atoms with Gasteiger partial charge < -0.3 is 4.52 Å².